The quantitative estimate of drug-likeness (QED) is 0.789. The molecule has 0 atom stereocenters. The maximum Gasteiger partial charge on any atom is 0.0398 e. The van der Waals surface area contributed by atoms with Crippen LogP contribution in [-0.2, 0) is 6.42 Å². The van der Waals surface area contributed by atoms with E-state index in [0.29, 0.717) is 0 Å². The van der Waals surface area contributed by atoms with Crippen LogP contribution in [0.4, 0.5) is 5.69 Å². The van der Waals surface area contributed by atoms with E-state index >= 15 is 0 Å². The summed E-state index contributed by atoms with van der Waals surface area (Å²) in [4.78, 5) is 5.09. The summed E-state index contributed by atoms with van der Waals surface area (Å²) in [5.74, 6) is 0.896. The molecule has 1 fully saturated rings. The number of fused-ring (bicyclic) bond motifs is 1. The molecule has 18 heavy (non-hydrogen) atoms. The van der Waals surface area contributed by atoms with Crippen molar-refractivity contribution < 1.29 is 0 Å². The molecule has 0 radical (unpaired) electrons. The second kappa shape index (κ2) is 5.31. The van der Waals surface area contributed by atoms with E-state index in [1.54, 1.807) is 5.56 Å². The molecule has 0 aromatic heterocycles. The molecule has 0 unspecified atom stereocenters. The molecule has 0 N–H and O–H groups in total. The molecule has 2 aliphatic heterocycles. The second-order valence-electron chi connectivity index (χ2n) is 5.92. The Bertz CT molecular complexity index is 394. The minimum atomic E-state index is 0.896. The van der Waals surface area contributed by atoms with Gasteiger partial charge in [-0.3, -0.25) is 0 Å². The first-order valence-electron chi connectivity index (χ1n) is 7.34. The third kappa shape index (κ3) is 2.54. The molecule has 0 saturated carbocycles. The molecule has 2 heterocycles. The summed E-state index contributed by atoms with van der Waals surface area (Å²) in [6, 6.07) is 8.98. The van der Waals surface area contributed by atoms with Crippen LogP contribution in [0, 0.1) is 5.92 Å². The highest BCUT2D eigenvalue weighted by molar-refractivity contribution is 5.55. The Morgan fingerprint density at radius 3 is 2.72 bits per heavy atom. The van der Waals surface area contributed by atoms with Gasteiger partial charge >= 0.3 is 0 Å². The largest absolute Gasteiger partial charge is 0.371 e. The van der Waals surface area contributed by atoms with Crippen molar-refractivity contribution in [1.29, 1.82) is 0 Å². The fourth-order valence-electron chi connectivity index (χ4n) is 3.36. The van der Waals surface area contributed by atoms with Gasteiger partial charge in [0.25, 0.3) is 0 Å². The summed E-state index contributed by atoms with van der Waals surface area (Å²) in [7, 11) is 2.24. The molecule has 2 nitrogen and oxygen atoms in total. The van der Waals surface area contributed by atoms with Crippen LogP contribution < -0.4 is 4.90 Å². The molecule has 1 aromatic rings. The lowest BCUT2D eigenvalue weighted by Crippen LogP contribution is -2.39. The lowest BCUT2D eigenvalue weighted by atomic mass is 9.94. The van der Waals surface area contributed by atoms with Crippen LogP contribution in [-0.4, -0.2) is 38.1 Å². The van der Waals surface area contributed by atoms with Gasteiger partial charge in [-0.1, -0.05) is 18.2 Å². The van der Waals surface area contributed by atoms with Crippen LogP contribution in [0.15, 0.2) is 24.3 Å². The first kappa shape index (κ1) is 12.0. The number of piperidine rings is 1. The minimum Gasteiger partial charge on any atom is -0.371 e. The summed E-state index contributed by atoms with van der Waals surface area (Å²) in [6.07, 6.45) is 5.33. The van der Waals surface area contributed by atoms with E-state index in [9.17, 15) is 0 Å². The van der Waals surface area contributed by atoms with Crippen LogP contribution >= 0.6 is 0 Å². The first-order valence-corrected chi connectivity index (χ1v) is 7.34. The minimum absolute atomic E-state index is 0.896. The monoisotopic (exact) mass is 244 g/mol. The van der Waals surface area contributed by atoms with Crippen molar-refractivity contribution in [2.75, 3.05) is 38.1 Å². The number of nitrogens with zero attached hydrogens (tertiary/aromatic N) is 2. The SMILES string of the molecule is CN1CCC(CN2CCCc3ccccc32)CC1. The molecule has 2 heteroatoms. The highest BCUT2D eigenvalue weighted by Crippen LogP contribution is 2.29. The normalized spacial score (nSPS) is 21.9. The van der Waals surface area contributed by atoms with Gasteiger partial charge in [0.15, 0.2) is 0 Å². The third-order valence-corrected chi connectivity index (χ3v) is 4.52. The molecule has 0 spiro atoms. The molecule has 0 amide bonds. The molecular formula is C16H24N2. The number of anilines is 1. The molecule has 0 aliphatic carbocycles. The summed E-state index contributed by atoms with van der Waals surface area (Å²) >= 11 is 0. The molecule has 2 aliphatic rings. The Hall–Kier alpha value is -1.02. The van der Waals surface area contributed by atoms with Crippen molar-refractivity contribution in [2.45, 2.75) is 25.7 Å². The fourth-order valence-corrected chi connectivity index (χ4v) is 3.36. The van der Waals surface area contributed by atoms with Gasteiger partial charge in [0, 0.05) is 18.8 Å². The number of benzene rings is 1. The average Bonchev–Trinajstić information content (AvgIpc) is 2.42. The van der Waals surface area contributed by atoms with Gasteiger partial charge in [0.2, 0.25) is 0 Å². The number of para-hydroxylation sites is 1. The standard InChI is InChI=1S/C16H24N2/c1-17-11-8-14(9-12-17)13-18-10-4-6-15-5-2-3-7-16(15)18/h2-3,5,7,14H,4,6,8-13H2,1H3. The van der Waals surface area contributed by atoms with Crippen LogP contribution in [0.1, 0.15) is 24.8 Å². The van der Waals surface area contributed by atoms with Gasteiger partial charge in [-0.2, -0.15) is 0 Å². The maximum atomic E-state index is 2.63. The third-order valence-electron chi connectivity index (χ3n) is 4.52. The number of rotatable bonds is 2. The highest BCUT2D eigenvalue weighted by atomic mass is 15.1. The van der Waals surface area contributed by atoms with Crippen molar-refractivity contribution in [3.05, 3.63) is 29.8 Å². The topological polar surface area (TPSA) is 6.48 Å². The maximum absolute atomic E-state index is 2.63. The lowest BCUT2D eigenvalue weighted by molar-refractivity contribution is 0.221. The molecular weight excluding hydrogens is 220 g/mol. The van der Waals surface area contributed by atoms with Crippen LogP contribution in [0.3, 0.4) is 0 Å². The smallest absolute Gasteiger partial charge is 0.0398 e. The van der Waals surface area contributed by atoms with Gasteiger partial charge in [-0.25, -0.2) is 0 Å². The number of likely N-dealkylation sites (tertiary alicyclic amines) is 1. The zero-order valence-electron chi connectivity index (χ0n) is 11.4. The van der Waals surface area contributed by atoms with Crippen molar-refractivity contribution >= 4 is 5.69 Å². The van der Waals surface area contributed by atoms with Gasteiger partial charge < -0.3 is 9.80 Å². The average molecular weight is 244 g/mol. The summed E-state index contributed by atoms with van der Waals surface area (Å²) < 4.78 is 0. The predicted molar refractivity (Wildman–Crippen MR) is 77.2 cm³/mol. The van der Waals surface area contributed by atoms with Crippen LogP contribution in [0.25, 0.3) is 0 Å². The summed E-state index contributed by atoms with van der Waals surface area (Å²) in [6.45, 7) is 5.08. The first-order chi connectivity index (χ1) is 8.83. The zero-order chi connectivity index (χ0) is 12.4. The Morgan fingerprint density at radius 2 is 1.89 bits per heavy atom. The highest BCUT2D eigenvalue weighted by Gasteiger charge is 2.22. The Kier molecular flexibility index (Phi) is 3.55. The van der Waals surface area contributed by atoms with Crippen molar-refractivity contribution in [3.8, 4) is 0 Å². The summed E-state index contributed by atoms with van der Waals surface area (Å²) in [5, 5.41) is 0. The van der Waals surface area contributed by atoms with E-state index in [-0.39, 0.29) is 0 Å². The van der Waals surface area contributed by atoms with E-state index in [1.807, 2.05) is 0 Å². The molecule has 0 bridgehead atoms. The van der Waals surface area contributed by atoms with Crippen LogP contribution in [0.5, 0.6) is 0 Å². The Balaban J connectivity index is 1.67. The van der Waals surface area contributed by atoms with Crippen molar-refractivity contribution in [1.82, 2.24) is 4.90 Å². The Morgan fingerprint density at radius 1 is 1.11 bits per heavy atom. The molecule has 1 saturated heterocycles. The number of hydrogen-bond donors (Lipinski definition) is 0. The summed E-state index contributed by atoms with van der Waals surface area (Å²) in [5.41, 5.74) is 3.05. The van der Waals surface area contributed by atoms with Gasteiger partial charge in [0.1, 0.15) is 0 Å². The van der Waals surface area contributed by atoms with Gasteiger partial charge in [0.05, 0.1) is 0 Å². The van der Waals surface area contributed by atoms with E-state index in [1.165, 1.54) is 57.5 Å². The van der Waals surface area contributed by atoms with E-state index in [2.05, 4.69) is 41.1 Å². The van der Waals surface area contributed by atoms with E-state index < -0.39 is 0 Å². The van der Waals surface area contributed by atoms with E-state index in [0.717, 1.165) is 5.92 Å². The van der Waals surface area contributed by atoms with E-state index in [4.69, 9.17) is 0 Å². The molecule has 1 aromatic carbocycles. The van der Waals surface area contributed by atoms with Gasteiger partial charge in [-0.15, -0.1) is 0 Å². The van der Waals surface area contributed by atoms with Crippen molar-refractivity contribution in [3.63, 3.8) is 0 Å². The van der Waals surface area contributed by atoms with Gasteiger partial charge in [-0.05, 0) is 63.4 Å². The van der Waals surface area contributed by atoms with Crippen LogP contribution in [0.2, 0.25) is 0 Å². The second-order valence-corrected chi connectivity index (χ2v) is 5.92. The Labute approximate surface area is 111 Å². The lowest BCUT2D eigenvalue weighted by Gasteiger charge is -2.37. The number of aryl methyl sites for hydroxylation is 1. The predicted octanol–water partition coefficient (Wildman–Crippen LogP) is 2.78. The van der Waals surface area contributed by atoms with Crippen molar-refractivity contribution in [2.24, 2.45) is 5.92 Å². The molecule has 3 rings (SSSR count). The fraction of sp³-hybridized carbons (Fsp3) is 0.625. The number of hydrogen-bond acceptors (Lipinski definition) is 2. The molecule has 98 valence electrons. The zero-order valence-corrected chi connectivity index (χ0v) is 11.4.